The van der Waals surface area contributed by atoms with E-state index in [0.717, 1.165) is 0 Å². The monoisotopic (exact) mass is 500 g/mol. The highest BCUT2D eigenvalue weighted by atomic mass is 31.1. The van der Waals surface area contributed by atoms with Crippen LogP contribution in [0, 0.1) is 11.3 Å². The fraction of sp³-hybridized carbons (Fsp3) is 0.700. The first kappa shape index (κ1) is 26.1. The Bertz CT molecular complexity index is 1060. The first-order valence-corrected chi connectivity index (χ1v) is 12.1. The number of nitrogen functional groups attached to an aromatic ring is 1. The number of alkyl halides is 1. The van der Waals surface area contributed by atoms with Crippen LogP contribution in [0.3, 0.4) is 0 Å². The van der Waals surface area contributed by atoms with Gasteiger partial charge in [0.1, 0.15) is 12.3 Å². The number of fused-ring (bicyclic) bond motifs is 1. The summed E-state index contributed by atoms with van der Waals surface area (Å²) in [6.45, 7) is 8.70. The number of rotatable bonds is 9. The van der Waals surface area contributed by atoms with Gasteiger partial charge in [0.15, 0.2) is 23.6 Å². The molecule has 0 aromatic carbocycles. The van der Waals surface area contributed by atoms with Crippen molar-refractivity contribution in [3.05, 3.63) is 6.33 Å². The van der Waals surface area contributed by atoms with E-state index in [1.165, 1.54) is 13.3 Å². The standard InChI is InChI=1S/C20H32FN7O5P/c1-11-7-20(21,9-32-34(30)27-12(2)17(29)31-8-19(3,4)5)33-16(11)28-10-24-13-14(23-6)25-18(22)26-15(13)28/h10-12,16H,7-9H2,1-6H3,(H,27,30)(H3,22,23,25,26)/q+1/t11-,12+,16+,20-/m0/s1. The zero-order valence-corrected chi connectivity index (χ0v) is 21.1. The van der Waals surface area contributed by atoms with Crippen molar-refractivity contribution in [2.24, 2.45) is 11.3 Å². The maximum atomic E-state index is 15.4. The first-order chi connectivity index (χ1) is 15.8. The third kappa shape index (κ3) is 6.15. The summed E-state index contributed by atoms with van der Waals surface area (Å²) >= 11 is 0. The Hall–Kier alpha value is -2.47. The van der Waals surface area contributed by atoms with Crippen molar-refractivity contribution in [3.63, 3.8) is 0 Å². The molecule has 4 N–H and O–H groups in total. The summed E-state index contributed by atoms with van der Waals surface area (Å²) in [5, 5.41) is 5.39. The molecule has 1 aliphatic heterocycles. The number of hydrogen-bond acceptors (Lipinski definition) is 10. The number of nitrogens with zero attached hydrogens (tertiary/aromatic N) is 4. The van der Waals surface area contributed by atoms with Gasteiger partial charge in [-0.1, -0.05) is 32.8 Å². The van der Waals surface area contributed by atoms with Crippen molar-refractivity contribution in [1.82, 2.24) is 24.6 Å². The predicted molar refractivity (Wildman–Crippen MR) is 124 cm³/mol. The summed E-state index contributed by atoms with van der Waals surface area (Å²) in [6.07, 6.45) is 0.735. The number of nitrogens with two attached hydrogens (primary N) is 1. The van der Waals surface area contributed by atoms with E-state index in [0.29, 0.717) is 17.0 Å². The van der Waals surface area contributed by atoms with Crippen LogP contribution in [-0.2, 0) is 23.4 Å². The molecule has 1 fully saturated rings. The van der Waals surface area contributed by atoms with Gasteiger partial charge in [-0.2, -0.15) is 9.97 Å². The van der Waals surface area contributed by atoms with E-state index in [4.69, 9.17) is 19.7 Å². The van der Waals surface area contributed by atoms with Crippen LogP contribution in [-0.4, -0.2) is 57.6 Å². The largest absolute Gasteiger partial charge is 0.614 e. The topological polar surface area (TPSA) is 156 Å². The van der Waals surface area contributed by atoms with E-state index in [9.17, 15) is 9.36 Å². The Morgan fingerprint density at radius 2 is 2.18 bits per heavy atom. The normalized spacial score (nSPS) is 24.3. The SMILES string of the molecule is CNc1nc(N)nc2c1ncn2[C@@H]1O[C@](F)(CO[P+](=O)N[C@H](C)C(=O)OCC(C)(C)C)C[C@@H]1C. The number of halogens is 1. The van der Waals surface area contributed by atoms with Crippen molar-refractivity contribution in [2.45, 2.75) is 59.2 Å². The average molecular weight is 500 g/mol. The molecule has 3 heterocycles. The van der Waals surface area contributed by atoms with Crippen molar-refractivity contribution in [3.8, 4) is 0 Å². The molecule has 0 amide bonds. The van der Waals surface area contributed by atoms with Crippen LogP contribution in [0.15, 0.2) is 6.33 Å². The minimum Gasteiger partial charge on any atom is -0.464 e. The van der Waals surface area contributed by atoms with E-state index in [2.05, 4.69) is 25.4 Å². The highest BCUT2D eigenvalue weighted by Crippen LogP contribution is 2.44. The molecule has 1 aliphatic rings. The number of carbonyl (C=O) groups is 1. The molecule has 0 bridgehead atoms. The van der Waals surface area contributed by atoms with Gasteiger partial charge in [0, 0.05) is 19.4 Å². The molecule has 34 heavy (non-hydrogen) atoms. The number of esters is 1. The minimum absolute atomic E-state index is 0.0108. The molecule has 0 aliphatic carbocycles. The number of ether oxygens (including phenoxy) is 2. The lowest BCUT2D eigenvalue weighted by atomic mass is 9.99. The van der Waals surface area contributed by atoms with Crippen molar-refractivity contribution >= 4 is 37.1 Å². The number of nitrogens with one attached hydrogen (secondary N) is 2. The van der Waals surface area contributed by atoms with Crippen LogP contribution in [0.25, 0.3) is 11.2 Å². The molecule has 2 aromatic heterocycles. The van der Waals surface area contributed by atoms with Crippen LogP contribution >= 0.6 is 8.18 Å². The van der Waals surface area contributed by atoms with Gasteiger partial charge in [-0.05, 0) is 16.9 Å². The number of anilines is 2. The minimum atomic E-state index is -2.54. The fourth-order valence-corrected chi connectivity index (χ4v) is 4.30. The van der Waals surface area contributed by atoms with Gasteiger partial charge in [0.05, 0.1) is 12.9 Å². The second-order valence-electron chi connectivity index (χ2n) is 9.63. The average Bonchev–Trinajstić information content (AvgIpc) is 3.29. The molecule has 188 valence electrons. The zero-order chi connectivity index (χ0) is 25.3. The summed E-state index contributed by atoms with van der Waals surface area (Å²) in [7, 11) is -0.858. The van der Waals surface area contributed by atoms with E-state index in [1.807, 2.05) is 27.7 Å². The Morgan fingerprint density at radius 1 is 1.47 bits per heavy atom. The molecule has 5 atom stereocenters. The first-order valence-electron chi connectivity index (χ1n) is 10.9. The lowest BCUT2D eigenvalue weighted by Crippen LogP contribution is -2.34. The molecule has 12 nitrogen and oxygen atoms in total. The van der Waals surface area contributed by atoms with E-state index in [1.54, 1.807) is 11.6 Å². The molecule has 1 saturated heterocycles. The lowest BCUT2D eigenvalue weighted by Gasteiger charge is -2.20. The molecule has 2 aromatic rings. The summed E-state index contributed by atoms with van der Waals surface area (Å²) in [6, 6.07) is -0.887. The van der Waals surface area contributed by atoms with Crippen LogP contribution in [0.1, 0.15) is 47.3 Å². The summed E-state index contributed by atoms with van der Waals surface area (Å²) in [5.41, 5.74) is 6.46. The third-order valence-electron chi connectivity index (χ3n) is 5.09. The van der Waals surface area contributed by atoms with Gasteiger partial charge in [-0.3, -0.25) is 9.36 Å². The molecule has 14 heteroatoms. The Balaban J connectivity index is 1.60. The molecule has 0 spiro atoms. The molecular weight excluding hydrogens is 468 g/mol. The Morgan fingerprint density at radius 3 is 2.82 bits per heavy atom. The van der Waals surface area contributed by atoms with Gasteiger partial charge in [-0.15, -0.1) is 4.52 Å². The smallest absolute Gasteiger partial charge is 0.464 e. The zero-order valence-electron chi connectivity index (χ0n) is 20.2. The number of aromatic nitrogens is 4. The van der Waals surface area contributed by atoms with E-state index < -0.39 is 38.9 Å². The van der Waals surface area contributed by atoms with Crippen LogP contribution < -0.4 is 16.1 Å². The van der Waals surface area contributed by atoms with Gasteiger partial charge in [-0.25, -0.2) is 9.37 Å². The van der Waals surface area contributed by atoms with Crippen LogP contribution in [0.2, 0.25) is 0 Å². The fourth-order valence-electron chi connectivity index (χ4n) is 3.50. The van der Waals surface area contributed by atoms with Crippen molar-refractivity contribution < 1.29 is 27.7 Å². The van der Waals surface area contributed by atoms with Crippen molar-refractivity contribution in [1.29, 1.82) is 0 Å². The Kier molecular flexibility index (Phi) is 7.71. The van der Waals surface area contributed by atoms with Crippen LogP contribution in [0.5, 0.6) is 0 Å². The number of carbonyl (C=O) groups excluding carboxylic acids is 1. The summed E-state index contributed by atoms with van der Waals surface area (Å²) < 4.78 is 45.3. The molecule has 1 unspecified atom stereocenters. The van der Waals surface area contributed by atoms with Gasteiger partial charge < -0.3 is 20.5 Å². The molecule has 0 radical (unpaired) electrons. The third-order valence-corrected chi connectivity index (χ3v) is 6.05. The predicted octanol–water partition coefficient (Wildman–Crippen LogP) is 2.91. The molecular formula is C20H32FN7O5P+. The Labute approximate surface area is 198 Å². The molecule has 0 saturated carbocycles. The summed E-state index contributed by atoms with van der Waals surface area (Å²) in [4.78, 5) is 24.6. The highest BCUT2D eigenvalue weighted by Gasteiger charge is 2.49. The highest BCUT2D eigenvalue weighted by molar-refractivity contribution is 7.36. The van der Waals surface area contributed by atoms with Gasteiger partial charge >= 0.3 is 14.1 Å². The van der Waals surface area contributed by atoms with E-state index >= 15 is 4.39 Å². The lowest BCUT2D eigenvalue weighted by molar-refractivity contribution is -0.172. The number of imidazole rings is 1. The summed E-state index contributed by atoms with van der Waals surface area (Å²) in [5.74, 6) is -2.57. The van der Waals surface area contributed by atoms with Crippen molar-refractivity contribution in [2.75, 3.05) is 31.3 Å². The number of hydrogen-bond donors (Lipinski definition) is 3. The van der Waals surface area contributed by atoms with Gasteiger partial charge in [0.2, 0.25) is 11.8 Å². The molecule has 3 rings (SSSR count). The second-order valence-corrected chi connectivity index (χ2v) is 10.7. The quantitative estimate of drug-likeness (QED) is 0.344. The van der Waals surface area contributed by atoms with Gasteiger partial charge in [0.25, 0.3) is 0 Å². The van der Waals surface area contributed by atoms with Crippen LogP contribution in [0.4, 0.5) is 16.2 Å². The maximum absolute atomic E-state index is 15.4. The van der Waals surface area contributed by atoms with E-state index in [-0.39, 0.29) is 30.3 Å². The maximum Gasteiger partial charge on any atom is 0.614 e. The second kappa shape index (κ2) is 10.0.